The SMILES string of the molecule is CC/C=C(\C)[C@H](O)[C@H](C)/C=C(C)/C=C/C=C\C=C\C=C(/C)C(=O)N[C@@H](C)CO. The molecule has 0 rings (SSSR count). The molecule has 0 heterocycles. The van der Waals surface area contributed by atoms with Crippen LogP contribution in [0.4, 0.5) is 0 Å². The third kappa shape index (κ3) is 11.5. The second kappa shape index (κ2) is 14.8. The van der Waals surface area contributed by atoms with Crippen LogP contribution in [0.3, 0.4) is 0 Å². The quantitative estimate of drug-likeness (QED) is 0.280. The van der Waals surface area contributed by atoms with Crippen molar-refractivity contribution in [1.29, 1.82) is 0 Å². The van der Waals surface area contributed by atoms with Crippen molar-refractivity contribution in [3.8, 4) is 0 Å². The minimum absolute atomic E-state index is 0.0594. The zero-order chi connectivity index (χ0) is 21.5. The van der Waals surface area contributed by atoms with Gasteiger partial charge in [-0.05, 0) is 39.7 Å². The monoisotopic (exact) mass is 387 g/mol. The normalized spacial score (nSPS) is 17.5. The summed E-state index contributed by atoms with van der Waals surface area (Å²) in [6.45, 7) is 11.5. The van der Waals surface area contributed by atoms with E-state index in [0.717, 1.165) is 17.6 Å². The number of rotatable bonds is 11. The van der Waals surface area contributed by atoms with Crippen LogP contribution in [0.2, 0.25) is 0 Å². The molecule has 0 aromatic carbocycles. The molecule has 28 heavy (non-hydrogen) atoms. The Morgan fingerprint density at radius 1 is 1.04 bits per heavy atom. The molecule has 4 nitrogen and oxygen atoms in total. The molecule has 0 saturated carbocycles. The fourth-order valence-corrected chi connectivity index (χ4v) is 2.48. The van der Waals surface area contributed by atoms with Gasteiger partial charge in [-0.3, -0.25) is 4.79 Å². The molecule has 1 amide bonds. The molecule has 0 aliphatic carbocycles. The van der Waals surface area contributed by atoms with Gasteiger partial charge >= 0.3 is 0 Å². The molecule has 0 fully saturated rings. The fraction of sp³-hybridized carbons (Fsp3) is 0.458. The number of carbonyl (C=O) groups is 1. The molecule has 0 aromatic heterocycles. The van der Waals surface area contributed by atoms with Crippen molar-refractivity contribution in [2.75, 3.05) is 6.61 Å². The molecular formula is C24H37NO3. The lowest BCUT2D eigenvalue weighted by Crippen LogP contribution is -2.35. The first-order valence-electron chi connectivity index (χ1n) is 9.86. The summed E-state index contributed by atoms with van der Waals surface area (Å²) in [5, 5.41) is 21.9. The molecule has 4 heteroatoms. The molecule has 3 atom stereocenters. The number of allylic oxidation sites excluding steroid dienone is 9. The van der Waals surface area contributed by atoms with Gasteiger partial charge in [0.15, 0.2) is 0 Å². The second-order valence-corrected chi connectivity index (χ2v) is 7.11. The van der Waals surface area contributed by atoms with E-state index in [-0.39, 0.29) is 24.5 Å². The number of hydrogen-bond donors (Lipinski definition) is 3. The lowest BCUT2D eigenvalue weighted by molar-refractivity contribution is -0.118. The largest absolute Gasteiger partial charge is 0.394 e. The van der Waals surface area contributed by atoms with Crippen molar-refractivity contribution >= 4 is 5.91 Å². The molecule has 0 bridgehead atoms. The Kier molecular flexibility index (Phi) is 13.7. The zero-order valence-corrected chi connectivity index (χ0v) is 18.1. The highest BCUT2D eigenvalue weighted by molar-refractivity contribution is 5.93. The Morgan fingerprint density at radius 2 is 1.64 bits per heavy atom. The topological polar surface area (TPSA) is 69.6 Å². The van der Waals surface area contributed by atoms with Gasteiger partial charge in [0.1, 0.15) is 0 Å². The van der Waals surface area contributed by atoms with Crippen molar-refractivity contribution in [3.05, 3.63) is 71.4 Å². The summed E-state index contributed by atoms with van der Waals surface area (Å²) in [5.41, 5.74) is 2.69. The Hall–Kier alpha value is -2.17. The Labute approximate surface area is 170 Å². The average molecular weight is 388 g/mol. The summed E-state index contributed by atoms with van der Waals surface area (Å²) in [6, 6.07) is -0.253. The van der Waals surface area contributed by atoms with Crippen LogP contribution in [0.15, 0.2) is 71.4 Å². The Balaban J connectivity index is 4.59. The third-order valence-electron chi connectivity index (χ3n) is 4.18. The van der Waals surface area contributed by atoms with E-state index in [2.05, 4.69) is 24.4 Å². The van der Waals surface area contributed by atoms with Crippen LogP contribution in [0.25, 0.3) is 0 Å². The Bertz CT molecular complexity index is 651. The van der Waals surface area contributed by atoms with Crippen LogP contribution in [0.5, 0.6) is 0 Å². The highest BCUT2D eigenvalue weighted by Gasteiger charge is 2.13. The van der Waals surface area contributed by atoms with E-state index < -0.39 is 6.10 Å². The predicted octanol–water partition coefficient (Wildman–Crippen LogP) is 4.40. The van der Waals surface area contributed by atoms with Crippen molar-refractivity contribution in [2.24, 2.45) is 5.92 Å². The van der Waals surface area contributed by atoms with E-state index in [9.17, 15) is 9.90 Å². The van der Waals surface area contributed by atoms with Crippen LogP contribution in [0.1, 0.15) is 48.0 Å². The van der Waals surface area contributed by atoms with E-state index >= 15 is 0 Å². The van der Waals surface area contributed by atoms with Gasteiger partial charge in [0.25, 0.3) is 0 Å². The summed E-state index contributed by atoms with van der Waals surface area (Å²) in [4.78, 5) is 11.8. The summed E-state index contributed by atoms with van der Waals surface area (Å²) < 4.78 is 0. The Morgan fingerprint density at radius 3 is 2.25 bits per heavy atom. The van der Waals surface area contributed by atoms with Crippen LogP contribution in [-0.4, -0.2) is 34.9 Å². The molecule has 3 N–H and O–H groups in total. The van der Waals surface area contributed by atoms with Crippen LogP contribution >= 0.6 is 0 Å². The lowest BCUT2D eigenvalue weighted by Gasteiger charge is -2.17. The third-order valence-corrected chi connectivity index (χ3v) is 4.18. The fourth-order valence-electron chi connectivity index (χ4n) is 2.48. The van der Waals surface area contributed by atoms with Gasteiger partial charge in [0.05, 0.1) is 12.7 Å². The number of hydrogen-bond acceptors (Lipinski definition) is 3. The number of aliphatic hydroxyl groups is 2. The standard InChI is InChI=1S/C24H37NO3/c1-7-13-19(3)23(27)21(5)16-18(2)14-11-9-8-10-12-15-20(4)24(28)25-22(6)17-26/h8-16,21-23,26-27H,7,17H2,1-6H3,(H,25,28)/b9-8-,12-10+,14-11+,18-16+,19-13+,20-15+/t21-,22+,23+/m1/s1. The van der Waals surface area contributed by atoms with Gasteiger partial charge in [-0.2, -0.15) is 0 Å². The van der Waals surface area contributed by atoms with E-state index in [4.69, 9.17) is 5.11 Å². The summed E-state index contributed by atoms with van der Waals surface area (Å²) in [5.74, 6) is -0.125. The van der Waals surface area contributed by atoms with Crippen molar-refractivity contribution < 1.29 is 15.0 Å². The summed E-state index contributed by atoms with van der Waals surface area (Å²) in [7, 11) is 0. The van der Waals surface area contributed by atoms with Crippen molar-refractivity contribution in [1.82, 2.24) is 5.32 Å². The number of aliphatic hydroxyl groups excluding tert-OH is 2. The number of amides is 1. The summed E-state index contributed by atoms with van der Waals surface area (Å²) >= 11 is 0. The molecule has 0 saturated heterocycles. The predicted molar refractivity (Wildman–Crippen MR) is 119 cm³/mol. The lowest BCUT2D eigenvalue weighted by atomic mass is 9.95. The van der Waals surface area contributed by atoms with E-state index in [1.54, 1.807) is 26.0 Å². The first-order valence-corrected chi connectivity index (χ1v) is 9.86. The van der Waals surface area contributed by atoms with Crippen LogP contribution < -0.4 is 5.32 Å². The van der Waals surface area contributed by atoms with E-state index in [1.165, 1.54) is 0 Å². The zero-order valence-electron chi connectivity index (χ0n) is 18.1. The van der Waals surface area contributed by atoms with E-state index in [1.807, 2.05) is 51.2 Å². The summed E-state index contributed by atoms with van der Waals surface area (Å²) in [6.07, 6.45) is 17.7. The molecule has 0 aliphatic heterocycles. The molecule has 0 radical (unpaired) electrons. The number of nitrogens with one attached hydrogen (secondary N) is 1. The van der Waals surface area contributed by atoms with Gasteiger partial charge in [-0.1, -0.05) is 74.1 Å². The molecule has 0 spiro atoms. The molecule has 156 valence electrons. The van der Waals surface area contributed by atoms with Crippen molar-refractivity contribution in [3.63, 3.8) is 0 Å². The molecule has 0 aliphatic rings. The minimum Gasteiger partial charge on any atom is -0.394 e. The van der Waals surface area contributed by atoms with E-state index in [0.29, 0.717) is 5.57 Å². The second-order valence-electron chi connectivity index (χ2n) is 7.11. The highest BCUT2D eigenvalue weighted by Crippen LogP contribution is 2.16. The maximum atomic E-state index is 11.8. The maximum absolute atomic E-state index is 11.8. The van der Waals surface area contributed by atoms with Gasteiger partial charge in [-0.25, -0.2) is 0 Å². The molecular weight excluding hydrogens is 350 g/mol. The molecule has 0 aromatic rings. The smallest absolute Gasteiger partial charge is 0.247 e. The highest BCUT2D eigenvalue weighted by atomic mass is 16.3. The van der Waals surface area contributed by atoms with Crippen LogP contribution in [-0.2, 0) is 4.79 Å². The molecule has 0 unspecified atom stereocenters. The van der Waals surface area contributed by atoms with Crippen molar-refractivity contribution in [2.45, 2.75) is 60.1 Å². The van der Waals surface area contributed by atoms with Crippen LogP contribution in [0, 0.1) is 5.92 Å². The first kappa shape index (κ1) is 25.8. The van der Waals surface area contributed by atoms with Gasteiger partial charge in [0, 0.05) is 17.5 Å². The van der Waals surface area contributed by atoms with Gasteiger partial charge in [0.2, 0.25) is 5.91 Å². The van der Waals surface area contributed by atoms with Gasteiger partial charge in [-0.15, -0.1) is 0 Å². The average Bonchev–Trinajstić information content (AvgIpc) is 2.66. The number of carbonyl (C=O) groups excluding carboxylic acids is 1. The minimum atomic E-state index is -0.450. The maximum Gasteiger partial charge on any atom is 0.247 e. The first-order chi connectivity index (χ1) is 13.2. The van der Waals surface area contributed by atoms with Gasteiger partial charge < -0.3 is 15.5 Å².